The summed E-state index contributed by atoms with van der Waals surface area (Å²) in [6, 6.07) is 0. The summed E-state index contributed by atoms with van der Waals surface area (Å²) in [5.41, 5.74) is -0.711. The Labute approximate surface area is 194 Å². The van der Waals surface area contributed by atoms with Crippen molar-refractivity contribution in [3.05, 3.63) is 0 Å². The molecule has 0 fully saturated rings. The van der Waals surface area contributed by atoms with Gasteiger partial charge in [-0.15, -0.1) is 0 Å². The van der Waals surface area contributed by atoms with Crippen LogP contribution in [0.3, 0.4) is 0 Å². The standard InChI is InChI=1S/C28H54O3/c1-5-7-9-10-11-12-13-14-15-16-17-18-19-20-21-22-24-28(4,25(3)29)26(27(30)31)23-8-6-2/h26H,5-24H2,1-4H3,(H,30,31). The Morgan fingerprint density at radius 1 is 0.645 bits per heavy atom. The topological polar surface area (TPSA) is 54.4 Å². The molecule has 0 aromatic carbocycles. The zero-order chi connectivity index (χ0) is 23.4. The van der Waals surface area contributed by atoms with Crippen LogP contribution in [0.2, 0.25) is 0 Å². The fraction of sp³-hybridized carbons (Fsp3) is 0.929. The van der Waals surface area contributed by atoms with Crippen LogP contribution in [-0.4, -0.2) is 16.9 Å². The molecule has 0 bridgehead atoms. The van der Waals surface area contributed by atoms with Gasteiger partial charge in [-0.05, 0) is 19.8 Å². The molecular formula is C28H54O3. The summed E-state index contributed by atoms with van der Waals surface area (Å²) < 4.78 is 0. The maximum Gasteiger partial charge on any atom is 0.307 e. The predicted molar refractivity (Wildman–Crippen MR) is 134 cm³/mol. The van der Waals surface area contributed by atoms with Crippen molar-refractivity contribution in [1.82, 2.24) is 0 Å². The van der Waals surface area contributed by atoms with Gasteiger partial charge in [0.05, 0.1) is 5.92 Å². The van der Waals surface area contributed by atoms with Crippen molar-refractivity contribution in [3.8, 4) is 0 Å². The molecule has 2 unspecified atom stereocenters. The third-order valence-electron chi connectivity index (χ3n) is 7.27. The molecule has 31 heavy (non-hydrogen) atoms. The zero-order valence-corrected chi connectivity index (χ0v) is 21.5. The van der Waals surface area contributed by atoms with Crippen molar-refractivity contribution in [3.63, 3.8) is 0 Å². The Bertz CT molecular complexity index is 446. The normalized spacial score (nSPS) is 14.3. The van der Waals surface area contributed by atoms with Gasteiger partial charge in [-0.2, -0.15) is 0 Å². The number of ketones is 1. The smallest absolute Gasteiger partial charge is 0.307 e. The Kier molecular flexibility index (Phi) is 19.2. The second-order valence-corrected chi connectivity index (χ2v) is 10.1. The van der Waals surface area contributed by atoms with Gasteiger partial charge in [0.1, 0.15) is 5.78 Å². The third kappa shape index (κ3) is 14.8. The summed E-state index contributed by atoms with van der Waals surface area (Å²) in [7, 11) is 0. The van der Waals surface area contributed by atoms with E-state index in [0.717, 1.165) is 25.7 Å². The molecule has 0 aliphatic carbocycles. The number of hydrogen-bond acceptors (Lipinski definition) is 2. The summed E-state index contributed by atoms with van der Waals surface area (Å²) in [6.07, 6.45) is 24.4. The number of carbonyl (C=O) groups is 2. The van der Waals surface area contributed by atoms with E-state index in [1.54, 1.807) is 6.92 Å². The first kappa shape index (κ1) is 30.1. The van der Waals surface area contributed by atoms with Crippen LogP contribution in [0.4, 0.5) is 0 Å². The van der Waals surface area contributed by atoms with E-state index >= 15 is 0 Å². The molecule has 0 aromatic rings. The number of hydrogen-bond donors (Lipinski definition) is 1. The van der Waals surface area contributed by atoms with Crippen LogP contribution in [-0.2, 0) is 9.59 Å². The predicted octanol–water partition coefficient (Wildman–Crippen LogP) is 9.12. The summed E-state index contributed by atoms with van der Waals surface area (Å²) in [5, 5.41) is 9.67. The van der Waals surface area contributed by atoms with E-state index in [9.17, 15) is 14.7 Å². The number of carboxylic acids is 1. The van der Waals surface area contributed by atoms with Gasteiger partial charge in [0.15, 0.2) is 0 Å². The molecule has 0 aliphatic rings. The maximum atomic E-state index is 12.3. The molecule has 0 heterocycles. The van der Waals surface area contributed by atoms with E-state index < -0.39 is 17.3 Å². The first-order valence-corrected chi connectivity index (χ1v) is 13.6. The summed E-state index contributed by atoms with van der Waals surface area (Å²) in [4.78, 5) is 24.1. The lowest BCUT2D eigenvalue weighted by Crippen LogP contribution is -2.39. The monoisotopic (exact) mass is 438 g/mol. The van der Waals surface area contributed by atoms with Crippen LogP contribution in [0.25, 0.3) is 0 Å². The largest absolute Gasteiger partial charge is 0.481 e. The van der Waals surface area contributed by atoms with Crippen molar-refractivity contribution in [2.45, 2.75) is 156 Å². The van der Waals surface area contributed by atoms with Gasteiger partial charge >= 0.3 is 5.97 Å². The molecule has 1 N–H and O–H groups in total. The molecule has 0 saturated heterocycles. The van der Waals surface area contributed by atoms with Gasteiger partial charge < -0.3 is 5.11 Å². The molecule has 2 atom stereocenters. The van der Waals surface area contributed by atoms with Crippen molar-refractivity contribution in [1.29, 1.82) is 0 Å². The Morgan fingerprint density at radius 2 is 1.00 bits per heavy atom. The highest BCUT2D eigenvalue weighted by atomic mass is 16.4. The zero-order valence-electron chi connectivity index (χ0n) is 21.5. The Hall–Kier alpha value is -0.860. The average molecular weight is 439 g/mol. The molecule has 0 rings (SSSR count). The number of Topliss-reactive ketones (excluding diaryl/α,β-unsaturated/α-hetero) is 1. The van der Waals surface area contributed by atoms with Gasteiger partial charge in [-0.25, -0.2) is 0 Å². The molecular weight excluding hydrogens is 384 g/mol. The van der Waals surface area contributed by atoms with Gasteiger partial charge in [0.25, 0.3) is 0 Å². The minimum atomic E-state index is -0.803. The van der Waals surface area contributed by atoms with Crippen LogP contribution >= 0.6 is 0 Å². The lowest BCUT2D eigenvalue weighted by atomic mass is 9.69. The van der Waals surface area contributed by atoms with Crippen molar-refractivity contribution in [2.75, 3.05) is 0 Å². The molecule has 0 aromatic heterocycles. The lowest BCUT2D eigenvalue weighted by Gasteiger charge is -2.33. The Balaban J connectivity index is 3.78. The number of carbonyl (C=O) groups excluding carboxylic acids is 1. The minimum Gasteiger partial charge on any atom is -0.481 e. The van der Waals surface area contributed by atoms with Crippen LogP contribution in [0.15, 0.2) is 0 Å². The van der Waals surface area contributed by atoms with E-state index in [4.69, 9.17) is 0 Å². The van der Waals surface area contributed by atoms with E-state index in [0.29, 0.717) is 12.8 Å². The number of unbranched alkanes of at least 4 members (excludes halogenated alkanes) is 16. The fourth-order valence-electron chi connectivity index (χ4n) is 4.76. The number of rotatable bonds is 23. The van der Waals surface area contributed by atoms with Gasteiger partial charge in [0.2, 0.25) is 0 Å². The molecule has 0 radical (unpaired) electrons. The van der Waals surface area contributed by atoms with E-state index in [2.05, 4.69) is 13.8 Å². The molecule has 0 spiro atoms. The molecule has 184 valence electrons. The van der Waals surface area contributed by atoms with E-state index in [1.165, 1.54) is 89.9 Å². The highest BCUT2D eigenvalue weighted by molar-refractivity contribution is 5.87. The molecule has 0 amide bonds. The SMILES string of the molecule is CCCCCCCCCCCCCCCCCCC(C)(C(C)=O)C(CCCC)C(=O)O. The maximum absolute atomic E-state index is 12.3. The summed E-state index contributed by atoms with van der Waals surface area (Å²) >= 11 is 0. The highest BCUT2D eigenvalue weighted by Gasteiger charge is 2.41. The van der Waals surface area contributed by atoms with Crippen LogP contribution in [0.1, 0.15) is 156 Å². The lowest BCUT2D eigenvalue weighted by molar-refractivity contribution is -0.152. The Morgan fingerprint density at radius 3 is 1.32 bits per heavy atom. The molecule has 3 heteroatoms. The number of carboxylic acid groups (broad SMARTS) is 1. The van der Waals surface area contributed by atoms with Crippen molar-refractivity contribution in [2.24, 2.45) is 11.3 Å². The second-order valence-electron chi connectivity index (χ2n) is 10.1. The molecule has 0 aliphatic heterocycles. The van der Waals surface area contributed by atoms with Crippen molar-refractivity contribution >= 4 is 11.8 Å². The van der Waals surface area contributed by atoms with Crippen LogP contribution < -0.4 is 0 Å². The first-order chi connectivity index (χ1) is 14.9. The van der Waals surface area contributed by atoms with E-state index in [-0.39, 0.29) is 5.78 Å². The average Bonchev–Trinajstić information content (AvgIpc) is 2.73. The van der Waals surface area contributed by atoms with Gasteiger partial charge in [-0.1, -0.05) is 136 Å². The number of aliphatic carboxylic acids is 1. The first-order valence-electron chi connectivity index (χ1n) is 13.6. The van der Waals surface area contributed by atoms with Gasteiger partial charge in [-0.3, -0.25) is 9.59 Å². The van der Waals surface area contributed by atoms with Crippen LogP contribution in [0.5, 0.6) is 0 Å². The highest BCUT2D eigenvalue weighted by Crippen LogP contribution is 2.38. The summed E-state index contributed by atoms with van der Waals surface area (Å²) in [6.45, 7) is 7.80. The van der Waals surface area contributed by atoms with Crippen molar-refractivity contribution < 1.29 is 14.7 Å². The van der Waals surface area contributed by atoms with Crippen LogP contribution in [0, 0.1) is 11.3 Å². The quantitative estimate of drug-likeness (QED) is 0.162. The molecule has 0 saturated carbocycles. The molecule has 3 nitrogen and oxygen atoms in total. The van der Waals surface area contributed by atoms with Gasteiger partial charge in [0, 0.05) is 5.41 Å². The van der Waals surface area contributed by atoms with E-state index in [1.807, 2.05) is 6.92 Å². The second kappa shape index (κ2) is 19.8. The third-order valence-corrected chi connectivity index (χ3v) is 7.27. The minimum absolute atomic E-state index is 0.0389. The summed E-state index contributed by atoms with van der Waals surface area (Å²) in [5.74, 6) is -1.30. The fourth-order valence-corrected chi connectivity index (χ4v) is 4.76.